The Bertz CT molecular complexity index is 960. The number of alkyl carbamates (subject to hydrolysis) is 1. The minimum atomic E-state index is -1.24. The van der Waals surface area contributed by atoms with E-state index >= 15 is 0 Å². The van der Waals surface area contributed by atoms with Gasteiger partial charge >= 0.3 is 12.1 Å². The van der Waals surface area contributed by atoms with Gasteiger partial charge in [0, 0.05) is 19.1 Å². The summed E-state index contributed by atoms with van der Waals surface area (Å²) in [7, 11) is 0. The number of nitrogens with one attached hydrogen (secondary N) is 2. The molecular formula is C25H28N2O6. The van der Waals surface area contributed by atoms with Crippen LogP contribution in [0.5, 0.6) is 0 Å². The summed E-state index contributed by atoms with van der Waals surface area (Å²) in [5, 5.41) is 14.1. The van der Waals surface area contributed by atoms with Gasteiger partial charge in [0.2, 0.25) is 5.91 Å². The van der Waals surface area contributed by atoms with Crippen molar-refractivity contribution in [2.24, 2.45) is 0 Å². The number of amides is 2. The number of benzene rings is 2. The molecule has 1 atom stereocenters. The summed E-state index contributed by atoms with van der Waals surface area (Å²) in [6.45, 7) is 4.75. The van der Waals surface area contributed by atoms with Crippen LogP contribution >= 0.6 is 0 Å². The molecule has 0 saturated heterocycles. The van der Waals surface area contributed by atoms with Crippen molar-refractivity contribution >= 4 is 18.0 Å². The zero-order valence-electron chi connectivity index (χ0n) is 18.3. The molecule has 0 fully saturated rings. The van der Waals surface area contributed by atoms with Gasteiger partial charge in [0.15, 0.2) is 0 Å². The van der Waals surface area contributed by atoms with Crippen LogP contribution in [-0.4, -0.2) is 55.5 Å². The molecule has 0 aliphatic heterocycles. The fraction of sp³-hybridized carbons (Fsp3) is 0.320. The van der Waals surface area contributed by atoms with Crippen LogP contribution in [0, 0.1) is 0 Å². The minimum Gasteiger partial charge on any atom is -0.481 e. The number of aliphatic carboxylic acids is 1. The fourth-order valence-corrected chi connectivity index (χ4v) is 3.84. The molecule has 0 spiro atoms. The molecule has 1 unspecified atom stereocenters. The van der Waals surface area contributed by atoms with Crippen LogP contribution in [0.4, 0.5) is 4.79 Å². The van der Waals surface area contributed by atoms with E-state index < -0.39 is 30.4 Å². The molecule has 1 aliphatic rings. The zero-order valence-corrected chi connectivity index (χ0v) is 18.3. The van der Waals surface area contributed by atoms with Crippen molar-refractivity contribution in [1.82, 2.24) is 10.6 Å². The lowest BCUT2D eigenvalue weighted by Crippen LogP contribution is -2.48. The topological polar surface area (TPSA) is 114 Å². The van der Waals surface area contributed by atoms with Crippen molar-refractivity contribution < 1.29 is 29.0 Å². The first-order chi connectivity index (χ1) is 16.0. The zero-order chi connectivity index (χ0) is 23.6. The van der Waals surface area contributed by atoms with E-state index in [1.165, 1.54) is 0 Å². The maximum atomic E-state index is 12.4. The Morgan fingerprint density at radius 2 is 1.70 bits per heavy atom. The summed E-state index contributed by atoms with van der Waals surface area (Å²) in [4.78, 5) is 36.0. The lowest BCUT2D eigenvalue weighted by molar-refractivity contribution is -0.139. The minimum absolute atomic E-state index is 0.0713. The molecule has 2 amide bonds. The van der Waals surface area contributed by atoms with Crippen molar-refractivity contribution in [3.8, 4) is 11.1 Å². The average Bonchev–Trinajstić information content (AvgIpc) is 3.13. The highest BCUT2D eigenvalue weighted by molar-refractivity contribution is 5.89. The number of ether oxygens (including phenoxy) is 2. The highest BCUT2D eigenvalue weighted by Gasteiger charge is 2.30. The SMILES string of the molecule is C=CCOCCCNC(=O)C(CC(=O)O)NC(=O)OCC1c2ccccc2-c2ccccc21. The van der Waals surface area contributed by atoms with E-state index in [1.807, 2.05) is 48.5 Å². The van der Waals surface area contributed by atoms with Gasteiger partial charge in [-0.1, -0.05) is 54.6 Å². The lowest BCUT2D eigenvalue weighted by Gasteiger charge is -2.18. The number of hydrogen-bond acceptors (Lipinski definition) is 5. The molecule has 8 nitrogen and oxygen atoms in total. The van der Waals surface area contributed by atoms with Gasteiger partial charge in [0.25, 0.3) is 0 Å². The highest BCUT2D eigenvalue weighted by Crippen LogP contribution is 2.44. The first-order valence-corrected chi connectivity index (χ1v) is 10.8. The second kappa shape index (κ2) is 11.8. The number of rotatable bonds is 12. The quantitative estimate of drug-likeness (QED) is 0.337. The van der Waals surface area contributed by atoms with Gasteiger partial charge in [-0.3, -0.25) is 9.59 Å². The summed E-state index contributed by atoms with van der Waals surface area (Å²) in [5.74, 6) is -1.93. The Kier molecular flexibility index (Phi) is 8.60. The van der Waals surface area contributed by atoms with Crippen molar-refractivity contribution in [2.75, 3.05) is 26.4 Å². The monoisotopic (exact) mass is 452 g/mol. The standard InChI is InChI=1S/C25H28N2O6/c1-2-13-32-14-7-12-26-24(30)22(15-23(28)29)27-25(31)33-16-21-19-10-5-3-8-17(19)18-9-4-6-11-20(18)21/h2-6,8-11,21-22H,1,7,12-16H2,(H,26,30)(H,27,31)(H,28,29). The van der Waals surface area contributed by atoms with E-state index in [0.717, 1.165) is 22.3 Å². The molecule has 33 heavy (non-hydrogen) atoms. The van der Waals surface area contributed by atoms with Crippen LogP contribution in [0.25, 0.3) is 11.1 Å². The fourth-order valence-electron chi connectivity index (χ4n) is 3.84. The second-order valence-electron chi connectivity index (χ2n) is 7.63. The molecule has 0 radical (unpaired) electrons. The molecule has 0 heterocycles. The van der Waals surface area contributed by atoms with Gasteiger partial charge in [-0.15, -0.1) is 6.58 Å². The summed E-state index contributed by atoms with van der Waals surface area (Å²) in [5.41, 5.74) is 4.32. The van der Waals surface area contributed by atoms with E-state index in [9.17, 15) is 14.4 Å². The molecule has 174 valence electrons. The molecule has 3 N–H and O–H groups in total. The molecule has 0 aromatic heterocycles. The Labute approximate surface area is 192 Å². The smallest absolute Gasteiger partial charge is 0.407 e. The Hall–Kier alpha value is -3.65. The van der Waals surface area contributed by atoms with Crippen molar-refractivity contribution in [2.45, 2.75) is 24.8 Å². The average molecular weight is 453 g/mol. The molecular weight excluding hydrogens is 424 g/mol. The van der Waals surface area contributed by atoms with E-state index in [4.69, 9.17) is 14.6 Å². The number of carboxylic acids is 1. The summed E-state index contributed by atoms with van der Waals surface area (Å²) in [6, 6.07) is 14.6. The van der Waals surface area contributed by atoms with Crippen LogP contribution in [0.3, 0.4) is 0 Å². The molecule has 1 aliphatic carbocycles. The first-order valence-electron chi connectivity index (χ1n) is 10.8. The molecule has 0 saturated carbocycles. The number of hydrogen-bond donors (Lipinski definition) is 3. The summed E-state index contributed by atoms with van der Waals surface area (Å²) >= 11 is 0. The van der Waals surface area contributed by atoms with Crippen LogP contribution < -0.4 is 10.6 Å². The van der Waals surface area contributed by atoms with Crippen molar-refractivity contribution in [3.05, 3.63) is 72.3 Å². The normalized spacial score (nSPS) is 12.8. The number of carbonyl (C=O) groups is 3. The van der Waals surface area contributed by atoms with Gasteiger partial charge in [0.05, 0.1) is 13.0 Å². The molecule has 0 bridgehead atoms. The largest absolute Gasteiger partial charge is 0.481 e. The number of fused-ring (bicyclic) bond motifs is 3. The third kappa shape index (κ3) is 6.43. The first kappa shape index (κ1) is 24.0. The van der Waals surface area contributed by atoms with Gasteiger partial charge in [0.1, 0.15) is 12.6 Å². The number of carbonyl (C=O) groups excluding carboxylic acids is 2. The molecule has 2 aromatic rings. The highest BCUT2D eigenvalue weighted by atomic mass is 16.5. The molecule has 2 aromatic carbocycles. The van der Waals surface area contributed by atoms with Crippen LogP contribution in [-0.2, 0) is 19.1 Å². The molecule has 8 heteroatoms. The summed E-state index contributed by atoms with van der Waals surface area (Å²) in [6.07, 6.45) is 0.778. The number of carboxylic acid groups (broad SMARTS) is 1. The third-order valence-corrected chi connectivity index (χ3v) is 5.33. The second-order valence-corrected chi connectivity index (χ2v) is 7.63. The summed E-state index contributed by atoms with van der Waals surface area (Å²) < 4.78 is 10.7. The van der Waals surface area contributed by atoms with Crippen LogP contribution in [0.2, 0.25) is 0 Å². The van der Waals surface area contributed by atoms with Gasteiger partial charge in [-0.2, -0.15) is 0 Å². The van der Waals surface area contributed by atoms with Crippen LogP contribution in [0.15, 0.2) is 61.2 Å². The Balaban J connectivity index is 1.56. The van der Waals surface area contributed by atoms with Gasteiger partial charge < -0.3 is 25.2 Å². The third-order valence-electron chi connectivity index (χ3n) is 5.33. The van der Waals surface area contributed by atoms with E-state index in [1.54, 1.807) is 6.08 Å². The van der Waals surface area contributed by atoms with Crippen LogP contribution in [0.1, 0.15) is 29.9 Å². The van der Waals surface area contributed by atoms with Gasteiger partial charge in [-0.25, -0.2) is 4.79 Å². The predicted molar refractivity (Wildman–Crippen MR) is 123 cm³/mol. The predicted octanol–water partition coefficient (Wildman–Crippen LogP) is 3.08. The van der Waals surface area contributed by atoms with E-state index in [0.29, 0.717) is 26.2 Å². The van der Waals surface area contributed by atoms with Gasteiger partial charge in [-0.05, 0) is 28.7 Å². The Morgan fingerprint density at radius 3 is 2.30 bits per heavy atom. The van der Waals surface area contributed by atoms with E-state index in [2.05, 4.69) is 17.2 Å². The van der Waals surface area contributed by atoms with Crippen molar-refractivity contribution in [3.63, 3.8) is 0 Å². The maximum Gasteiger partial charge on any atom is 0.407 e. The molecule has 3 rings (SSSR count). The lowest BCUT2D eigenvalue weighted by atomic mass is 9.98. The maximum absolute atomic E-state index is 12.4. The van der Waals surface area contributed by atoms with Crippen molar-refractivity contribution in [1.29, 1.82) is 0 Å². The Morgan fingerprint density at radius 1 is 1.06 bits per heavy atom. The van der Waals surface area contributed by atoms with E-state index in [-0.39, 0.29) is 12.5 Å².